The summed E-state index contributed by atoms with van der Waals surface area (Å²) >= 11 is 6.28. The van der Waals surface area contributed by atoms with Crippen LogP contribution in [-0.2, 0) is 0 Å². The SMILES string of the molecule is CNC1CCCC1c1c(Cl)cnn1C(C)C. The molecular formula is C12H20ClN3. The lowest BCUT2D eigenvalue weighted by Gasteiger charge is -2.22. The van der Waals surface area contributed by atoms with Gasteiger partial charge in [-0.05, 0) is 33.7 Å². The van der Waals surface area contributed by atoms with Crippen molar-refractivity contribution in [3.63, 3.8) is 0 Å². The van der Waals surface area contributed by atoms with Crippen LogP contribution in [0.2, 0.25) is 5.02 Å². The van der Waals surface area contributed by atoms with Crippen LogP contribution in [0.1, 0.15) is 50.8 Å². The van der Waals surface area contributed by atoms with Gasteiger partial charge in [-0.1, -0.05) is 18.0 Å². The first-order valence-corrected chi connectivity index (χ1v) is 6.43. The van der Waals surface area contributed by atoms with E-state index in [1.54, 1.807) is 6.20 Å². The molecule has 4 heteroatoms. The van der Waals surface area contributed by atoms with Crippen LogP contribution < -0.4 is 5.32 Å². The van der Waals surface area contributed by atoms with E-state index in [4.69, 9.17) is 11.6 Å². The van der Waals surface area contributed by atoms with Gasteiger partial charge in [-0.25, -0.2) is 0 Å². The van der Waals surface area contributed by atoms with Gasteiger partial charge in [-0.15, -0.1) is 0 Å². The molecule has 1 aliphatic rings. The smallest absolute Gasteiger partial charge is 0.0821 e. The second-order valence-electron chi connectivity index (χ2n) is 4.85. The molecule has 1 aromatic rings. The summed E-state index contributed by atoms with van der Waals surface area (Å²) in [6.07, 6.45) is 5.50. The van der Waals surface area contributed by atoms with Crippen LogP contribution in [0.4, 0.5) is 0 Å². The van der Waals surface area contributed by atoms with Gasteiger partial charge < -0.3 is 5.32 Å². The van der Waals surface area contributed by atoms with Crippen molar-refractivity contribution < 1.29 is 0 Å². The van der Waals surface area contributed by atoms with Crippen LogP contribution in [0.25, 0.3) is 0 Å². The highest BCUT2D eigenvalue weighted by molar-refractivity contribution is 6.31. The number of nitrogens with zero attached hydrogens (tertiary/aromatic N) is 2. The predicted molar refractivity (Wildman–Crippen MR) is 67.1 cm³/mol. The Kier molecular flexibility index (Phi) is 3.55. The first-order valence-electron chi connectivity index (χ1n) is 6.05. The minimum atomic E-state index is 0.376. The summed E-state index contributed by atoms with van der Waals surface area (Å²) in [5.41, 5.74) is 1.22. The van der Waals surface area contributed by atoms with Crippen LogP contribution in [0, 0.1) is 0 Å². The monoisotopic (exact) mass is 241 g/mol. The molecule has 0 radical (unpaired) electrons. The summed E-state index contributed by atoms with van der Waals surface area (Å²) in [4.78, 5) is 0. The fraction of sp³-hybridized carbons (Fsp3) is 0.750. The summed E-state index contributed by atoms with van der Waals surface area (Å²) < 4.78 is 2.07. The molecule has 1 saturated carbocycles. The molecule has 3 nitrogen and oxygen atoms in total. The molecule has 2 rings (SSSR count). The Balaban J connectivity index is 2.34. The van der Waals surface area contributed by atoms with E-state index >= 15 is 0 Å². The van der Waals surface area contributed by atoms with Gasteiger partial charge >= 0.3 is 0 Å². The molecule has 0 spiro atoms. The normalized spacial score (nSPS) is 25.6. The maximum atomic E-state index is 6.28. The average molecular weight is 242 g/mol. The Morgan fingerprint density at radius 2 is 2.25 bits per heavy atom. The largest absolute Gasteiger partial charge is 0.316 e. The zero-order chi connectivity index (χ0) is 11.7. The molecule has 0 saturated heterocycles. The van der Waals surface area contributed by atoms with Crippen LogP contribution in [0.5, 0.6) is 0 Å². The Hall–Kier alpha value is -0.540. The van der Waals surface area contributed by atoms with Crippen molar-refractivity contribution in [3.8, 4) is 0 Å². The van der Waals surface area contributed by atoms with E-state index in [1.165, 1.54) is 25.0 Å². The Morgan fingerprint density at radius 3 is 2.88 bits per heavy atom. The van der Waals surface area contributed by atoms with E-state index in [0.717, 1.165) is 5.02 Å². The molecule has 90 valence electrons. The maximum Gasteiger partial charge on any atom is 0.0821 e. The molecule has 1 aliphatic carbocycles. The van der Waals surface area contributed by atoms with Gasteiger partial charge in [0, 0.05) is 18.0 Å². The Morgan fingerprint density at radius 1 is 1.50 bits per heavy atom. The fourth-order valence-electron chi connectivity index (χ4n) is 2.74. The number of likely N-dealkylation sites (N-methyl/N-ethyl adjacent to an activating group) is 1. The van der Waals surface area contributed by atoms with Gasteiger partial charge in [0.15, 0.2) is 0 Å². The average Bonchev–Trinajstić information content (AvgIpc) is 2.82. The van der Waals surface area contributed by atoms with Crippen molar-refractivity contribution in [3.05, 3.63) is 16.9 Å². The van der Waals surface area contributed by atoms with E-state index in [-0.39, 0.29) is 0 Å². The molecule has 1 N–H and O–H groups in total. The van der Waals surface area contributed by atoms with Crippen molar-refractivity contribution in [2.45, 2.75) is 51.1 Å². The van der Waals surface area contributed by atoms with E-state index < -0.39 is 0 Å². The first-order chi connectivity index (χ1) is 7.65. The minimum absolute atomic E-state index is 0.376. The zero-order valence-electron chi connectivity index (χ0n) is 10.2. The Bertz CT molecular complexity index is 359. The van der Waals surface area contributed by atoms with Crippen LogP contribution in [0.15, 0.2) is 6.20 Å². The fourth-order valence-corrected chi connectivity index (χ4v) is 3.01. The lowest BCUT2D eigenvalue weighted by Crippen LogP contribution is -2.29. The number of aromatic nitrogens is 2. The van der Waals surface area contributed by atoms with Crippen molar-refractivity contribution in [1.82, 2.24) is 15.1 Å². The van der Waals surface area contributed by atoms with E-state index in [2.05, 4.69) is 28.9 Å². The summed E-state index contributed by atoms with van der Waals surface area (Å²) in [5.74, 6) is 0.516. The van der Waals surface area contributed by atoms with Gasteiger partial charge in [0.05, 0.1) is 16.9 Å². The third-order valence-electron chi connectivity index (χ3n) is 3.51. The second kappa shape index (κ2) is 4.76. The highest BCUT2D eigenvalue weighted by Crippen LogP contribution is 2.38. The molecular weight excluding hydrogens is 222 g/mol. The first kappa shape index (κ1) is 11.9. The number of hydrogen-bond donors (Lipinski definition) is 1. The predicted octanol–water partition coefficient (Wildman–Crippen LogP) is 2.97. The summed E-state index contributed by atoms with van der Waals surface area (Å²) in [6.45, 7) is 4.30. The highest BCUT2D eigenvalue weighted by Gasteiger charge is 2.32. The van der Waals surface area contributed by atoms with Crippen molar-refractivity contribution in [2.24, 2.45) is 0 Å². The summed E-state index contributed by atoms with van der Waals surface area (Å²) in [7, 11) is 2.03. The van der Waals surface area contributed by atoms with Gasteiger partial charge in [0.2, 0.25) is 0 Å². The molecule has 2 unspecified atom stereocenters. The highest BCUT2D eigenvalue weighted by atomic mass is 35.5. The van der Waals surface area contributed by atoms with Gasteiger partial charge in [0.1, 0.15) is 0 Å². The topological polar surface area (TPSA) is 29.9 Å². The summed E-state index contributed by atoms with van der Waals surface area (Å²) in [6, 6.07) is 0.923. The van der Waals surface area contributed by atoms with Crippen molar-refractivity contribution >= 4 is 11.6 Å². The van der Waals surface area contributed by atoms with E-state index in [0.29, 0.717) is 18.0 Å². The van der Waals surface area contributed by atoms with Crippen molar-refractivity contribution in [2.75, 3.05) is 7.05 Å². The molecule has 0 amide bonds. The summed E-state index contributed by atoms with van der Waals surface area (Å²) in [5, 5.41) is 8.60. The second-order valence-corrected chi connectivity index (χ2v) is 5.26. The standard InChI is InChI=1S/C12H20ClN3/c1-8(2)16-12(10(13)7-15-16)9-5-4-6-11(9)14-3/h7-9,11,14H,4-6H2,1-3H3. The Labute approximate surface area is 102 Å². The number of hydrogen-bond acceptors (Lipinski definition) is 2. The van der Waals surface area contributed by atoms with E-state index in [1.807, 2.05) is 7.05 Å². The van der Waals surface area contributed by atoms with Gasteiger partial charge in [-0.3, -0.25) is 4.68 Å². The number of rotatable bonds is 3. The molecule has 0 aromatic carbocycles. The molecule has 1 heterocycles. The van der Waals surface area contributed by atoms with Gasteiger partial charge in [-0.2, -0.15) is 5.10 Å². The van der Waals surface area contributed by atoms with E-state index in [9.17, 15) is 0 Å². The number of nitrogens with one attached hydrogen (secondary N) is 1. The quantitative estimate of drug-likeness (QED) is 0.882. The number of halogens is 1. The maximum absolute atomic E-state index is 6.28. The molecule has 16 heavy (non-hydrogen) atoms. The van der Waals surface area contributed by atoms with Crippen LogP contribution >= 0.6 is 11.6 Å². The van der Waals surface area contributed by atoms with Gasteiger partial charge in [0.25, 0.3) is 0 Å². The third-order valence-corrected chi connectivity index (χ3v) is 3.81. The minimum Gasteiger partial charge on any atom is -0.316 e. The molecule has 0 bridgehead atoms. The third kappa shape index (κ3) is 1.98. The zero-order valence-corrected chi connectivity index (χ0v) is 11.0. The molecule has 1 fully saturated rings. The molecule has 2 atom stereocenters. The lowest BCUT2D eigenvalue weighted by molar-refractivity contribution is 0.447. The van der Waals surface area contributed by atoms with Crippen LogP contribution in [-0.4, -0.2) is 22.9 Å². The van der Waals surface area contributed by atoms with Crippen LogP contribution in [0.3, 0.4) is 0 Å². The molecule has 0 aliphatic heterocycles. The molecule has 1 aromatic heterocycles. The lowest BCUT2D eigenvalue weighted by atomic mass is 9.99. The van der Waals surface area contributed by atoms with Crippen molar-refractivity contribution in [1.29, 1.82) is 0 Å².